The van der Waals surface area contributed by atoms with Crippen molar-refractivity contribution in [3.05, 3.63) is 94.8 Å². The molecule has 1 fully saturated rings. The number of halogens is 2. The number of sulfonamides is 1. The lowest BCUT2D eigenvalue weighted by Crippen LogP contribution is -2.58. The molecule has 12 heteroatoms. The van der Waals surface area contributed by atoms with Crippen molar-refractivity contribution in [1.29, 1.82) is 0 Å². The van der Waals surface area contributed by atoms with Crippen LogP contribution >= 0.6 is 11.6 Å². The van der Waals surface area contributed by atoms with Crippen molar-refractivity contribution in [2.75, 3.05) is 25.5 Å². The molecule has 1 aliphatic heterocycles. The smallest absolute Gasteiger partial charge is 0.407 e. The molecular weight excluding hydrogens is 631 g/mol. The van der Waals surface area contributed by atoms with E-state index in [2.05, 4.69) is 16.0 Å². The Labute approximate surface area is 275 Å². The molecule has 0 unspecified atom stereocenters. The average molecular weight is 673 g/mol. The number of ether oxygens (including phenoxy) is 1. The molecule has 2 amide bonds. The van der Waals surface area contributed by atoms with Gasteiger partial charge < -0.3 is 20.7 Å². The van der Waals surface area contributed by atoms with Crippen LogP contribution in [0.5, 0.6) is 0 Å². The first kappa shape index (κ1) is 35.3. The summed E-state index contributed by atoms with van der Waals surface area (Å²) in [7, 11) is -2.53. The number of nitrogens with zero attached hydrogens (tertiary/aromatic N) is 1. The van der Waals surface area contributed by atoms with Gasteiger partial charge in [0.15, 0.2) is 0 Å². The summed E-state index contributed by atoms with van der Waals surface area (Å²) >= 11 is 6.26. The minimum Gasteiger partial charge on any atom is -0.453 e. The number of nitrogens with one attached hydrogen (secondary N) is 3. The molecule has 1 aliphatic rings. The van der Waals surface area contributed by atoms with Gasteiger partial charge in [0, 0.05) is 47.4 Å². The number of rotatable bonds is 12. The Hall–Kier alpha value is -3.51. The zero-order valence-corrected chi connectivity index (χ0v) is 28.1. The molecule has 0 saturated carbocycles. The number of carbonyl (C=O) groups is 2. The summed E-state index contributed by atoms with van der Waals surface area (Å²) in [6.07, 6.45) is 0.410. The van der Waals surface area contributed by atoms with E-state index in [9.17, 15) is 18.0 Å². The molecule has 3 N–H and O–H groups in total. The standard InChI is InChI=1S/C34H42ClFN4O5S/c1-22(2)31(24-11-8-12-25(35)19-24)32(39-34(42)45-4)33(41)38-30-18-10-17-29(36)28(30)16-9-13-26-21-37-20-23(3)40(26)46(43,44)27-14-6-5-7-15-27/h5-8,10-12,14-15,17-19,22-23,26,31-32,37H,9,13,16,20-21H2,1-4H3,(H,38,41)(H,39,42)/t23-,26-,31+,32-/m0/s1. The SMILES string of the molecule is COC(=O)N[C@H](C(=O)Nc1cccc(F)c1CCC[C@H]1CNC[C@H](C)N1S(=O)(=O)c1ccccc1)[C@@H](c1cccc(Cl)c1)C(C)C. The molecule has 0 aliphatic carbocycles. The highest BCUT2D eigenvalue weighted by atomic mass is 35.5. The molecule has 4 atom stereocenters. The molecule has 46 heavy (non-hydrogen) atoms. The molecule has 3 aromatic rings. The van der Waals surface area contributed by atoms with Crippen LogP contribution in [0.1, 0.15) is 50.7 Å². The summed E-state index contributed by atoms with van der Waals surface area (Å²) in [5.74, 6) is -1.61. The van der Waals surface area contributed by atoms with Crippen LogP contribution in [0, 0.1) is 11.7 Å². The Balaban J connectivity index is 1.55. The van der Waals surface area contributed by atoms with Crippen LogP contribution in [0.25, 0.3) is 0 Å². The molecular formula is C34H42ClFN4O5S. The lowest BCUT2D eigenvalue weighted by atomic mass is 9.82. The van der Waals surface area contributed by atoms with E-state index in [1.807, 2.05) is 26.8 Å². The van der Waals surface area contributed by atoms with Crippen LogP contribution in [0.3, 0.4) is 0 Å². The van der Waals surface area contributed by atoms with Crippen molar-refractivity contribution in [2.24, 2.45) is 5.92 Å². The van der Waals surface area contributed by atoms with E-state index in [1.165, 1.54) is 19.2 Å². The molecule has 0 radical (unpaired) electrons. The third-order valence-corrected chi connectivity index (χ3v) is 10.6. The first-order valence-electron chi connectivity index (χ1n) is 15.4. The second-order valence-corrected chi connectivity index (χ2v) is 14.2. The van der Waals surface area contributed by atoms with Crippen molar-refractivity contribution in [3.63, 3.8) is 0 Å². The highest BCUT2D eigenvalue weighted by Crippen LogP contribution is 2.32. The molecule has 1 saturated heterocycles. The predicted octanol–water partition coefficient (Wildman–Crippen LogP) is 5.96. The lowest BCUT2D eigenvalue weighted by Gasteiger charge is -2.40. The number of carbonyl (C=O) groups excluding carboxylic acids is 2. The molecule has 1 heterocycles. The quantitative estimate of drug-likeness (QED) is 0.219. The fraction of sp³-hybridized carbons (Fsp3) is 0.412. The zero-order valence-electron chi connectivity index (χ0n) is 26.5. The van der Waals surface area contributed by atoms with E-state index in [1.54, 1.807) is 58.9 Å². The van der Waals surface area contributed by atoms with Crippen LogP contribution in [-0.4, -0.2) is 63.0 Å². The first-order chi connectivity index (χ1) is 21.9. The summed E-state index contributed by atoms with van der Waals surface area (Å²) in [6.45, 7) is 6.73. The molecule has 9 nitrogen and oxygen atoms in total. The van der Waals surface area contributed by atoms with Gasteiger partial charge >= 0.3 is 6.09 Å². The van der Waals surface area contributed by atoms with Gasteiger partial charge in [0.05, 0.1) is 12.0 Å². The normalized spacial score (nSPS) is 18.5. The summed E-state index contributed by atoms with van der Waals surface area (Å²) < 4.78 is 48.9. The van der Waals surface area contributed by atoms with Crippen LogP contribution in [0.15, 0.2) is 77.7 Å². The summed E-state index contributed by atoms with van der Waals surface area (Å²) in [4.78, 5) is 26.5. The van der Waals surface area contributed by atoms with Crippen molar-refractivity contribution >= 4 is 39.3 Å². The summed E-state index contributed by atoms with van der Waals surface area (Å²) in [5, 5.41) is 9.32. The van der Waals surface area contributed by atoms with E-state index in [-0.39, 0.29) is 35.0 Å². The molecule has 3 aromatic carbocycles. The van der Waals surface area contributed by atoms with Gasteiger partial charge in [-0.15, -0.1) is 0 Å². The highest BCUT2D eigenvalue weighted by Gasteiger charge is 2.38. The van der Waals surface area contributed by atoms with Crippen LogP contribution in [-0.2, 0) is 26.0 Å². The second-order valence-electron chi connectivity index (χ2n) is 11.9. The van der Waals surface area contributed by atoms with Gasteiger partial charge in [-0.05, 0) is 74.1 Å². The van der Waals surface area contributed by atoms with Crippen molar-refractivity contribution in [1.82, 2.24) is 14.9 Å². The maximum Gasteiger partial charge on any atom is 0.407 e. The number of hydrogen-bond acceptors (Lipinski definition) is 6. The number of piperazine rings is 1. The number of anilines is 1. The van der Waals surface area contributed by atoms with Gasteiger partial charge in [0.1, 0.15) is 11.9 Å². The zero-order chi connectivity index (χ0) is 33.4. The van der Waals surface area contributed by atoms with Crippen molar-refractivity contribution in [2.45, 2.75) is 69.0 Å². The first-order valence-corrected chi connectivity index (χ1v) is 17.2. The number of amides is 2. The summed E-state index contributed by atoms with van der Waals surface area (Å²) in [5.41, 5.74) is 1.33. The van der Waals surface area contributed by atoms with Gasteiger partial charge in [0.2, 0.25) is 15.9 Å². The predicted molar refractivity (Wildman–Crippen MR) is 178 cm³/mol. The minimum atomic E-state index is -3.74. The van der Waals surface area contributed by atoms with Crippen LogP contribution in [0.4, 0.5) is 14.9 Å². The molecule has 0 aromatic heterocycles. The summed E-state index contributed by atoms with van der Waals surface area (Å²) in [6, 6.07) is 18.2. The van der Waals surface area contributed by atoms with Gasteiger partial charge in [0.25, 0.3) is 0 Å². The number of methoxy groups -OCH3 is 1. The van der Waals surface area contributed by atoms with Gasteiger partial charge in [-0.25, -0.2) is 17.6 Å². The Morgan fingerprint density at radius 1 is 1.07 bits per heavy atom. The maximum absolute atomic E-state index is 15.3. The topological polar surface area (TPSA) is 117 Å². The highest BCUT2D eigenvalue weighted by molar-refractivity contribution is 7.89. The Morgan fingerprint density at radius 3 is 2.46 bits per heavy atom. The molecule has 0 spiro atoms. The maximum atomic E-state index is 15.3. The van der Waals surface area contributed by atoms with E-state index in [0.717, 1.165) is 5.56 Å². The number of alkyl carbamates (subject to hydrolysis) is 1. The van der Waals surface area contributed by atoms with E-state index in [0.29, 0.717) is 36.5 Å². The van der Waals surface area contributed by atoms with Crippen LogP contribution < -0.4 is 16.0 Å². The van der Waals surface area contributed by atoms with E-state index < -0.39 is 39.8 Å². The number of hydrogen-bond donors (Lipinski definition) is 3. The van der Waals surface area contributed by atoms with Gasteiger partial charge in [-0.1, -0.05) is 61.8 Å². The Bertz CT molecular complexity index is 1610. The monoisotopic (exact) mass is 672 g/mol. The largest absolute Gasteiger partial charge is 0.453 e. The average Bonchev–Trinajstić information content (AvgIpc) is 3.02. The van der Waals surface area contributed by atoms with E-state index in [4.69, 9.17) is 16.3 Å². The molecule has 248 valence electrons. The van der Waals surface area contributed by atoms with Crippen LogP contribution in [0.2, 0.25) is 5.02 Å². The Kier molecular flexibility index (Phi) is 12.2. The van der Waals surface area contributed by atoms with Crippen molar-refractivity contribution < 1.29 is 27.1 Å². The van der Waals surface area contributed by atoms with E-state index >= 15 is 4.39 Å². The Morgan fingerprint density at radius 2 is 1.78 bits per heavy atom. The molecule has 4 rings (SSSR count). The number of benzene rings is 3. The van der Waals surface area contributed by atoms with Gasteiger partial charge in [-0.3, -0.25) is 4.79 Å². The van der Waals surface area contributed by atoms with Crippen molar-refractivity contribution in [3.8, 4) is 0 Å². The fourth-order valence-corrected chi connectivity index (χ4v) is 8.27. The second kappa shape index (κ2) is 15.9. The van der Waals surface area contributed by atoms with Gasteiger partial charge in [-0.2, -0.15) is 4.31 Å². The third kappa shape index (κ3) is 8.44. The fourth-order valence-electron chi connectivity index (χ4n) is 6.21. The third-order valence-electron chi connectivity index (χ3n) is 8.33. The molecule has 0 bridgehead atoms. The lowest BCUT2D eigenvalue weighted by molar-refractivity contribution is -0.118. The minimum absolute atomic E-state index is 0.0973.